The number of likely N-dealkylation sites (N-methyl/N-ethyl adjacent to an activating group) is 1. The van der Waals surface area contributed by atoms with Gasteiger partial charge >= 0.3 is 0 Å². The average Bonchev–Trinajstić information content (AvgIpc) is 2.62. The fourth-order valence-electron chi connectivity index (χ4n) is 2.61. The summed E-state index contributed by atoms with van der Waals surface area (Å²) in [6, 6.07) is 5.41. The molecule has 0 bridgehead atoms. The molecule has 1 aromatic rings. The normalized spacial score (nSPS) is 17.3. The van der Waals surface area contributed by atoms with Crippen molar-refractivity contribution in [2.24, 2.45) is 5.73 Å². The molecular weight excluding hydrogens is 322 g/mol. The summed E-state index contributed by atoms with van der Waals surface area (Å²) in [7, 11) is 3.36. The Balaban J connectivity index is 2.08. The van der Waals surface area contributed by atoms with Crippen LogP contribution >= 0.6 is 0 Å². The van der Waals surface area contributed by atoms with Gasteiger partial charge in [-0.2, -0.15) is 0 Å². The van der Waals surface area contributed by atoms with E-state index in [1.54, 1.807) is 31.1 Å². The number of carbonyl (C=O) groups excluding carboxylic acids is 2. The van der Waals surface area contributed by atoms with Crippen LogP contribution in [0.4, 0.5) is 0 Å². The number of aryl methyl sites for hydroxylation is 1. The van der Waals surface area contributed by atoms with Gasteiger partial charge in [0.25, 0.3) is 11.8 Å². The van der Waals surface area contributed by atoms with Crippen molar-refractivity contribution in [3.05, 3.63) is 29.3 Å². The Labute approximate surface area is 148 Å². The number of hydrogen-bond acceptors (Lipinski definition) is 5. The fourth-order valence-corrected chi connectivity index (χ4v) is 2.61. The fraction of sp³-hybridized carbons (Fsp3) is 0.556. The molecule has 7 nitrogen and oxygen atoms in total. The highest BCUT2D eigenvalue weighted by Crippen LogP contribution is 2.21. The SMILES string of the molecule is Cc1ccc(C(=O)N2CCOC(C(=O)N(C)C)C2)cc1OCCCN. The Hall–Kier alpha value is -2.12. The molecular formula is C18H27N3O4. The molecule has 138 valence electrons. The Morgan fingerprint density at radius 1 is 1.40 bits per heavy atom. The summed E-state index contributed by atoms with van der Waals surface area (Å²) in [4.78, 5) is 28.0. The van der Waals surface area contributed by atoms with Crippen LogP contribution in [0.25, 0.3) is 0 Å². The second-order valence-electron chi connectivity index (χ2n) is 6.31. The lowest BCUT2D eigenvalue weighted by Crippen LogP contribution is -2.51. The third kappa shape index (κ3) is 4.93. The van der Waals surface area contributed by atoms with E-state index in [9.17, 15) is 9.59 Å². The number of hydrogen-bond donors (Lipinski definition) is 1. The van der Waals surface area contributed by atoms with Crippen LogP contribution in [-0.2, 0) is 9.53 Å². The van der Waals surface area contributed by atoms with Gasteiger partial charge in [0.05, 0.1) is 19.8 Å². The number of nitrogens with two attached hydrogens (primary N) is 1. The maximum Gasteiger partial charge on any atom is 0.254 e. The second-order valence-corrected chi connectivity index (χ2v) is 6.31. The molecule has 1 atom stereocenters. The van der Waals surface area contributed by atoms with Gasteiger partial charge in [-0.15, -0.1) is 0 Å². The zero-order chi connectivity index (χ0) is 18.4. The molecule has 1 saturated heterocycles. The molecule has 1 aliphatic heterocycles. The molecule has 0 spiro atoms. The number of ether oxygens (including phenoxy) is 2. The molecule has 1 unspecified atom stereocenters. The highest BCUT2D eigenvalue weighted by atomic mass is 16.5. The molecule has 0 radical (unpaired) electrons. The van der Waals surface area contributed by atoms with Gasteiger partial charge in [0.1, 0.15) is 5.75 Å². The predicted octanol–water partition coefficient (Wildman–Crippen LogP) is 0.652. The number of benzene rings is 1. The van der Waals surface area contributed by atoms with Gasteiger partial charge in [0, 0.05) is 26.2 Å². The van der Waals surface area contributed by atoms with Crippen molar-refractivity contribution in [3.8, 4) is 5.75 Å². The van der Waals surface area contributed by atoms with E-state index in [1.807, 2.05) is 13.0 Å². The molecule has 0 aliphatic carbocycles. The second kappa shape index (κ2) is 8.82. The number of amides is 2. The third-order valence-electron chi connectivity index (χ3n) is 4.11. The van der Waals surface area contributed by atoms with Crippen molar-refractivity contribution in [3.63, 3.8) is 0 Å². The van der Waals surface area contributed by atoms with E-state index in [2.05, 4.69) is 0 Å². The Morgan fingerprint density at radius 2 is 2.16 bits per heavy atom. The summed E-state index contributed by atoms with van der Waals surface area (Å²) in [5.74, 6) is 0.434. The predicted molar refractivity (Wildman–Crippen MR) is 94.7 cm³/mol. The monoisotopic (exact) mass is 349 g/mol. The van der Waals surface area contributed by atoms with Gasteiger partial charge in [-0.1, -0.05) is 6.07 Å². The standard InChI is InChI=1S/C18H27N3O4/c1-13-5-6-14(11-15(13)24-9-4-7-19)17(22)21-8-10-25-16(12-21)18(23)20(2)3/h5-6,11,16H,4,7-10,12,19H2,1-3H3. The van der Waals surface area contributed by atoms with Crippen LogP contribution in [0.5, 0.6) is 5.75 Å². The van der Waals surface area contributed by atoms with Crippen LogP contribution in [0, 0.1) is 6.92 Å². The smallest absolute Gasteiger partial charge is 0.254 e. The van der Waals surface area contributed by atoms with E-state index in [-0.39, 0.29) is 18.4 Å². The molecule has 1 aliphatic rings. The lowest BCUT2D eigenvalue weighted by atomic mass is 10.1. The van der Waals surface area contributed by atoms with Crippen LogP contribution < -0.4 is 10.5 Å². The third-order valence-corrected chi connectivity index (χ3v) is 4.11. The summed E-state index contributed by atoms with van der Waals surface area (Å²) >= 11 is 0. The zero-order valence-corrected chi connectivity index (χ0v) is 15.2. The zero-order valence-electron chi connectivity index (χ0n) is 15.2. The van der Waals surface area contributed by atoms with E-state index in [0.717, 1.165) is 12.0 Å². The van der Waals surface area contributed by atoms with Crippen molar-refractivity contribution in [2.45, 2.75) is 19.4 Å². The van der Waals surface area contributed by atoms with Crippen molar-refractivity contribution in [2.75, 3.05) is 46.9 Å². The molecule has 2 N–H and O–H groups in total. The Morgan fingerprint density at radius 3 is 2.84 bits per heavy atom. The van der Waals surface area contributed by atoms with E-state index >= 15 is 0 Å². The average molecular weight is 349 g/mol. The highest BCUT2D eigenvalue weighted by molar-refractivity contribution is 5.95. The quantitative estimate of drug-likeness (QED) is 0.763. The first-order chi connectivity index (χ1) is 11.9. The van der Waals surface area contributed by atoms with Gasteiger partial charge in [-0.25, -0.2) is 0 Å². The first-order valence-electron chi connectivity index (χ1n) is 8.49. The van der Waals surface area contributed by atoms with E-state index < -0.39 is 6.10 Å². The van der Waals surface area contributed by atoms with Gasteiger partial charge in [-0.3, -0.25) is 9.59 Å². The van der Waals surface area contributed by atoms with Gasteiger partial charge in [0.15, 0.2) is 6.10 Å². The molecule has 1 heterocycles. The van der Waals surface area contributed by atoms with Gasteiger partial charge in [-0.05, 0) is 37.6 Å². The summed E-state index contributed by atoms with van der Waals surface area (Å²) in [5.41, 5.74) is 7.00. The van der Waals surface area contributed by atoms with E-state index in [4.69, 9.17) is 15.2 Å². The van der Waals surface area contributed by atoms with Crippen molar-refractivity contribution in [1.29, 1.82) is 0 Å². The lowest BCUT2D eigenvalue weighted by molar-refractivity contribution is -0.145. The van der Waals surface area contributed by atoms with E-state index in [1.165, 1.54) is 4.90 Å². The van der Waals surface area contributed by atoms with Crippen LogP contribution in [0.3, 0.4) is 0 Å². The minimum absolute atomic E-state index is 0.122. The minimum Gasteiger partial charge on any atom is -0.493 e. The minimum atomic E-state index is -0.613. The van der Waals surface area contributed by atoms with Crippen LogP contribution in [0.2, 0.25) is 0 Å². The molecule has 2 rings (SSSR count). The summed E-state index contributed by atoms with van der Waals surface area (Å²) < 4.78 is 11.2. The van der Waals surface area contributed by atoms with Crippen LogP contribution in [0.1, 0.15) is 22.3 Å². The molecule has 2 amide bonds. The lowest BCUT2D eigenvalue weighted by Gasteiger charge is -2.33. The molecule has 1 fully saturated rings. The van der Waals surface area contributed by atoms with Crippen molar-refractivity contribution < 1.29 is 19.1 Å². The molecule has 25 heavy (non-hydrogen) atoms. The van der Waals surface area contributed by atoms with Crippen LogP contribution in [-0.4, -0.2) is 74.7 Å². The van der Waals surface area contributed by atoms with Crippen LogP contribution in [0.15, 0.2) is 18.2 Å². The number of morpholine rings is 1. The molecule has 1 aromatic carbocycles. The Bertz CT molecular complexity index is 618. The first kappa shape index (κ1) is 19.2. The highest BCUT2D eigenvalue weighted by Gasteiger charge is 2.30. The molecule has 0 aromatic heterocycles. The first-order valence-corrected chi connectivity index (χ1v) is 8.49. The van der Waals surface area contributed by atoms with E-state index in [0.29, 0.717) is 37.6 Å². The van der Waals surface area contributed by atoms with Crippen molar-refractivity contribution >= 4 is 11.8 Å². The topological polar surface area (TPSA) is 85.1 Å². The number of rotatable bonds is 6. The summed E-state index contributed by atoms with van der Waals surface area (Å²) in [6.45, 7) is 4.09. The van der Waals surface area contributed by atoms with Gasteiger partial charge in [0.2, 0.25) is 0 Å². The van der Waals surface area contributed by atoms with Crippen molar-refractivity contribution in [1.82, 2.24) is 9.80 Å². The number of nitrogens with zero attached hydrogens (tertiary/aromatic N) is 2. The maximum atomic E-state index is 12.8. The summed E-state index contributed by atoms with van der Waals surface area (Å²) in [6.07, 6.45) is 0.147. The Kier molecular flexibility index (Phi) is 6.78. The summed E-state index contributed by atoms with van der Waals surface area (Å²) in [5, 5.41) is 0. The maximum absolute atomic E-state index is 12.8. The molecule has 7 heteroatoms. The largest absolute Gasteiger partial charge is 0.493 e. The molecule has 0 saturated carbocycles. The van der Waals surface area contributed by atoms with Gasteiger partial charge < -0.3 is 25.0 Å². The number of carbonyl (C=O) groups is 2.